The van der Waals surface area contributed by atoms with Crippen molar-refractivity contribution in [2.24, 2.45) is 0 Å². The van der Waals surface area contributed by atoms with E-state index >= 15 is 0 Å². The van der Waals surface area contributed by atoms with Gasteiger partial charge in [-0.15, -0.1) is 0 Å². The summed E-state index contributed by atoms with van der Waals surface area (Å²) in [5, 5.41) is 11.4. The summed E-state index contributed by atoms with van der Waals surface area (Å²) in [6, 6.07) is 3.39. The lowest BCUT2D eigenvalue weighted by atomic mass is 10.2. The van der Waals surface area contributed by atoms with E-state index in [-0.39, 0.29) is 0 Å². The number of carbonyl (C=O) groups excluding carboxylic acids is 1. The average Bonchev–Trinajstić information content (AvgIpc) is 2.73. The Morgan fingerprint density at radius 2 is 2.21 bits per heavy atom. The summed E-state index contributed by atoms with van der Waals surface area (Å²) in [6.45, 7) is 1.44. The van der Waals surface area contributed by atoms with E-state index in [0.29, 0.717) is 28.5 Å². The molecule has 0 aromatic carbocycles. The highest BCUT2D eigenvalue weighted by atomic mass is 35.5. The molecule has 0 aliphatic heterocycles. The Morgan fingerprint density at radius 3 is 2.84 bits per heavy atom. The lowest BCUT2D eigenvalue weighted by molar-refractivity contribution is -0.135. The number of aromatic nitrogens is 2. The number of carbonyl (C=O) groups is 2. The second kappa shape index (κ2) is 5.27. The smallest absolute Gasteiger partial charge is 0.322 e. The molecule has 0 saturated heterocycles. The zero-order valence-electron chi connectivity index (χ0n) is 10.2. The van der Waals surface area contributed by atoms with Crippen molar-refractivity contribution in [2.45, 2.75) is 13.3 Å². The molecule has 7 heteroatoms. The highest BCUT2D eigenvalue weighted by molar-refractivity contribution is 6.30. The fourth-order valence-electron chi connectivity index (χ4n) is 1.79. The van der Waals surface area contributed by atoms with Crippen LogP contribution in [0.5, 0.6) is 0 Å². The summed E-state index contributed by atoms with van der Waals surface area (Å²) in [7, 11) is 0. The molecule has 0 aliphatic rings. The lowest BCUT2D eigenvalue weighted by Gasteiger charge is -2.04. The number of amides is 1. The molecule has 0 radical (unpaired) electrons. The van der Waals surface area contributed by atoms with Crippen LogP contribution in [-0.2, 0) is 11.2 Å². The second-order valence-corrected chi connectivity index (χ2v) is 4.35. The molecule has 100 valence electrons. The fraction of sp³-hybridized carbons (Fsp3) is 0.250. The number of halogens is 1. The van der Waals surface area contributed by atoms with E-state index in [1.165, 1.54) is 0 Å². The molecule has 19 heavy (non-hydrogen) atoms. The van der Waals surface area contributed by atoms with Crippen LogP contribution in [-0.4, -0.2) is 32.9 Å². The molecule has 6 nitrogen and oxygen atoms in total. The minimum absolute atomic E-state index is 0.321. The molecule has 2 N–H and O–H groups in total. The van der Waals surface area contributed by atoms with Crippen LogP contribution < -0.4 is 5.32 Å². The molecular weight excluding hydrogens is 270 g/mol. The Labute approximate surface area is 114 Å². The Hall–Kier alpha value is -2.08. The van der Waals surface area contributed by atoms with Crippen LogP contribution in [0.3, 0.4) is 0 Å². The first-order chi connectivity index (χ1) is 9.02. The van der Waals surface area contributed by atoms with Crippen LogP contribution in [0.4, 0.5) is 0 Å². The molecule has 2 heterocycles. The second-order valence-electron chi connectivity index (χ2n) is 3.91. The van der Waals surface area contributed by atoms with Gasteiger partial charge in [-0.05, 0) is 18.6 Å². The van der Waals surface area contributed by atoms with Gasteiger partial charge in [-0.1, -0.05) is 18.5 Å². The molecule has 1 amide bonds. The summed E-state index contributed by atoms with van der Waals surface area (Å²) in [5.74, 6) is -1.58. The molecule has 0 saturated carbocycles. The van der Waals surface area contributed by atoms with Crippen molar-refractivity contribution in [3.05, 3.63) is 34.7 Å². The highest BCUT2D eigenvalue weighted by Gasteiger charge is 2.18. The fourth-order valence-corrected chi connectivity index (χ4v) is 1.95. The number of nitrogens with one attached hydrogen (secondary N) is 1. The molecular formula is C12H12ClN3O3. The van der Waals surface area contributed by atoms with Crippen molar-refractivity contribution in [1.29, 1.82) is 0 Å². The SMILES string of the molecule is CCc1nc2ccc(Cl)cn2c1C(=O)NCC(=O)O. The summed E-state index contributed by atoms with van der Waals surface area (Å²) in [5.41, 5.74) is 1.52. The van der Waals surface area contributed by atoms with Crippen LogP contribution in [0.25, 0.3) is 5.65 Å². The van der Waals surface area contributed by atoms with Crippen molar-refractivity contribution < 1.29 is 14.7 Å². The Kier molecular flexibility index (Phi) is 3.71. The Balaban J connectivity index is 2.47. The Bertz CT molecular complexity index is 651. The van der Waals surface area contributed by atoms with E-state index in [1.807, 2.05) is 6.92 Å². The maximum atomic E-state index is 12.0. The first-order valence-electron chi connectivity index (χ1n) is 5.69. The quantitative estimate of drug-likeness (QED) is 0.886. The number of carboxylic acids is 1. The number of hydrogen-bond donors (Lipinski definition) is 2. The first-order valence-corrected chi connectivity index (χ1v) is 6.07. The van der Waals surface area contributed by atoms with Gasteiger partial charge in [-0.25, -0.2) is 4.98 Å². The number of aryl methyl sites for hydroxylation is 1. The van der Waals surface area contributed by atoms with Gasteiger partial charge in [0, 0.05) is 6.20 Å². The molecule has 0 aliphatic carbocycles. The number of imidazole rings is 1. The lowest BCUT2D eigenvalue weighted by Crippen LogP contribution is -2.30. The Morgan fingerprint density at radius 1 is 1.47 bits per heavy atom. The normalized spacial score (nSPS) is 10.6. The molecule has 0 bridgehead atoms. The third-order valence-electron chi connectivity index (χ3n) is 2.60. The maximum absolute atomic E-state index is 12.0. The van der Waals surface area contributed by atoms with Crippen LogP contribution in [0.1, 0.15) is 23.1 Å². The number of hydrogen-bond acceptors (Lipinski definition) is 3. The van der Waals surface area contributed by atoms with Crippen molar-refractivity contribution in [2.75, 3.05) is 6.54 Å². The van der Waals surface area contributed by atoms with Crippen LogP contribution in [0.2, 0.25) is 5.02 Å². The van der Waals surface area contributed by atoms with Gasteiger partial charge in [0.15, 0.2) is 0 Å². The standard InChI is InChI=1S/C12H12ClN3O3/c1-2-8-11(12(19)14-5-10(17)18)16-6-7(13)3-4-9(16)15-8/h3-4,6H,2,5H2,1H3,(H,14,19)(H,17,18). The van der Waals surface area contributed by atoms with Crippen molar-refractivity contribution in [1.82, 2.24) is 14.7 Å². The van der Waals surface area contributed by atoms with Crippen LogP contribution >= 0.6 is 11.6 Å². The molecule has 2 aromatic heterocycles. The minimum atomic E-state index is -1.10. The van der Waals surface area contributed by atoms with Crippen molar-refractivity contribution in [3.8, 4) is 0 Å². The number of aliphatic carboxylic acids is 1. The van der Waals surface area contributed by atoms with Crippen LogP contribution in [0, 0.1) is 0 Å². The van der Waals surface area contributed by atoms with E-state index in [2.05, 4.69) is 10.3 Å². The average molecular weight is 282 g/mol. The van der Waals surface area contributed by atoms with E-state index in [0.717, 1.165) is 0 Å². The number of pyridine rings is 1. The number of carboxylic acid groups (broad SMARTS) is 1. The van der Waals surface area contributed by atoms with Gasteiger partial charge in [0.1, 0.15) is 17.9 Å². The third-order valence-corrected chi connectivity index (χ3v) is 2.83. The molecule has 2 aromatic rings. The summed E-state index contributed by atoms with van der Waals surface area (Å²) in [4.78, 5) is 26.8. The largest absolute Gasteiger partial charge is 0.480 e. The minimum Gasteiger partial charge on any atom is -0.480 e. The van der Waals surface area contributed by atoms with E-state index in [4.69, 9.17) is 16.7 Å². The molecule has 2 rings (SSSR count). The van der Waals surface area contributed by atoms with Gasteiger partial charge in [0.25, 0.3) is 5.91 Å². The maximum Gasteiger partial charge on any atom is 0.322 e. The van der Waals surface area contributed by atoms with Crippen molar-refractivity contribution >= 4 is 29.1 Å². The van der Waals surface area contributed by atoms with E-state index < -0.39 is 18.4 Å². The van der Waals surface area contributed by atoms with Gasteiger partial charge in [-0.2, -0.15) is 0 Å². The first kappa shape index (κ1) is 13.4. The van der Waals surface area contributed by atoms with Crippen LogP contribution in [0.15, 0.2) is 18.3 Å². The topological polar surface area (TPSA) is 83.7 Å². The van der Waals surface area contributed by atoms with Gasteiger partial charge in [0.2, 0.25) is 0 Å². The van der Waals surface area contributed by atoms with E-state index in [9.17, 15) is 9.59 Å². The summed E-state index contributed by atoms with van der Waals surface area (Å²) in [6.07, 6.45) is 2.15. The van der Waals surface area contributed by atoms with Gasteiger partial charge in [0.05, 0.1) is 10.7 Å². The van der Waals surface area contributed by atoms with Gasteiger partial charge in [-0.3, -0.25) is 14.0 Å². The van der Waals surface area contributed by atoms with Gasteiger partial charge < -0.3 is 10.4 Å². The zero-order valence-corrected chi connectivity index (χ0v) is 10.9. The molecule has 0 fully saturated rings. The number of rotatable bonds is 4. The molecule has 0 unspecified atom stereocenters. The predicted molar refractivity (Wildman–Crippen MR) is 69.5 cm³/mol. The monoisotopic (exact) mass is 281 g/mol. The molecule has 0 atom stereocenters. The zero-order chi connectivity index (χ0) is 14.0. The van der Waals surface area contributed by atoms with E-state index in [1.54, 1.807) is 22.7 Å². The molecule has 0 spiro atoms. The summed E-state index contributed by atoms with van der Waals surface area (Å²) < 4.78 is 1.57. The highest BCUT2D eigenvalue weighted by Crippen LogP contribution is 2.17. The summed E-state index contributed by atoms with van der Waals surface area (Å²) >= 11 is 5.90. The van der Waals surface area contributed by atoms with Crippen molar-refractivity contribution in [3.63, 3.8) is 0 Å². The van der Waals surface area contributed by atoms with Gasteiger partial charge >= 0.3 is 5.97 Å². The predicted octanol–water partition coefficient (Wildman–Crippen LogP) is 1.36. The third kappa shape index (κ3) is 2.68. The number of nitrogens with zero attached hydrogens (tertiary/aromatic N) is 2. The number of fused-ring (bicyclic) bond motifs is 1.